The highest BCUT2D eigenvalue weighted by atomic mass is 16.4. The Bertz CT molecular complexity index is 965. The predicted molar refractivity (Wildman–Crippen MR) is 111 cm³/mol. The number of carboxylic acid groups (broad SMARTS) is 1. The van der Waals surface area contributed by atoms with Gasteiger partial charge in [0.2, 0.25) is 0 Å². The standard InChI is InChI=1S/C23H27N3O2/c1-2-26-21-11-10-19(23(27)28)15-20(21)24-22(26)16-25-13-6-9-18(12-14-25)17-7-4-3-5-8-17/h3-5,7-8,10-11,15,18H,2,6,9,12-14,16H2,1H3,(H,27,28). The van der Waals surface area contributed by atoms with E-state index in [1.54, 1.807) is 12.1 Å². The monoisotopic (exact) mass is 377 g/mol. The molecule has 1 aliphatic rings. The summed E-state index contributed by atoms with van der Waals surface area (Å²) in [5.41, 5.74) is 3.53. The number of aromatic carboxylic acids is 1. The molecule has 0 amide bonds. The molecule has 0 spiro atoms. The van der Waals surface area contributed by atoms with Crippen molar-refractivity contribution in [2.75, 3.05) is 13.1 Å². The van der Waals surface area contributed by atoms with E-state index in [0.717, 1.165) is 43.0 Å². The number of fused-ring (bicyclic) bond motifs is 1. The first-order valence-corrected chi connectivity index (χ1v) is 10.2. The number of imidazole rings is 1. The SMILES string of the molecule is CCn1c(CN2CCCC(c3ccccc3)CC2)nc2cc(C(=O)O)ccc21. The van der Waals surface area contributed by atoms with Crippen molar-refractivity contribution in [3.05, 3.63) is 65.5 Å². The first-order chi connectivity index (χ1) is 13.7. The van der Waals surface area contributed by atoms with Crippen LogP contribution in [0.4, 0.5) is 0 Å². The van der Waals surface area contributed by atoms with E-state index in [2.05, 4.69) is 46.7 Å². The number of aryl methyl sites for hydroxylation is 1. The van der Waals surface area contributed by atoms with Crippen molar-refractivity contribution in [3.63, 3.8) is 0 Å². The van der Waals surface area contributed by atoms with Crippen molar-refractivity contribution in [2.45, 2.75) is 45.2 Å². The number of hydrogen-bond donors (Lipinski definition) is 1. The van der Waals surface area contributed by atoms with E-state index in [-0.39, 0.29) is 0 Å². The Labute approximate surface area is 165 Å². The van der Waals surface area contributed by atoms with Gasteiger partial charge in [0.25, 0.3) is 0 Å². The van der Waals surface area contributed by atoms with Gasteiger partial charge in [-0.3, -0.25) is 4.90 Å². The van der Waals surface area contributed by atoms with Gasteiger partial charge in [-0.05, 0) is 69.0 Å². The Morgan fingerprint density at radius 1 is 1.14 bits per heavy atom. The van der Waals surface area contributed by atoms with Crippen molar-refractivity contribution in [1.29, 1.82) is 0 Å². The molecule has 1 fully saturated rings. The maximum absolute atomic E-state index is 11.3. The van der Waals surface area contributed by atoms with Crippen LogP contribution in [0.5, 0.6) is 0 Å². The largest absolute Gasteiger partial charge is 0.478 e. The van der Waals surface area contributed by atoms with Crippen molar-refractivity contribution in [1.82, 2.24) is 14.5 Å². The van der Waals surface area contributed by atoms with E-state index < -0.39 is 5.97 Å². The summed E-state index contributed by atoms with van der Waals surface area (Å²) in [5.74, 6) is 0.751. The summed E-state index contributed by atoms with van der Waals surface area (Å²) < 4.78 is 2.21. The third kappa shape index (κ3) is 3.80. The van der Waals surface area contributed by atoms with Crippen molar-refractivity contribution >= 4 is 17.0 Å². The lowest BCUT2D eigenvalue weighted by Gasteiger charge is -2.20. The molecule has 1 unspecified atom stereocenters. The normalized spacial score (nSPS) is 18.2. The van der Waals surface area contributed by atoms with Gasteiger partial charge in [0.05, 0.1) is 23.1 Å². The summed E-state index contributed by atoms with van der Waals surface area (Å²) in [6.07, 6.45) is 3.58. The number of likely N-dealkylation sites (tertiary alicyclic amines) is 1. The Morgan fingerprint density at radius 2 is 1.96 bits per heavy atom. The van der Waals surface area contributed by atoms with Gasteiger partial charge in [0.15, 0.2) is 0 Å². The highest BCUT2D eigenvalue weighted by molar-refractivity contribution is 5.92. The first kappa shape index (κ1) is 18.7. The summed E-state index contributed by atoms with van der Waals surface area (Å²) >= 11 is 0. The third-order valence-corrected chi connectivity index (χ3v) is 5.85. The number of carboxylic acids is 1. The Hall–Kier alpha value is -2.66. The lowest BCUT2D eigenvalue weighted by atomic mass is 9.92. The molecular formula is C23H27N3O2. The minimum atomic E-state index is -0.908. The summed E-state index contributed by atoms with van der Waals surface area (Å²) in [5, 5.41) is 9.25. The van der Waals surface area contributed by atoms with E-state index in [1.165, 1.54) is 24.8 Å². The van der Waals surface area contributed by atoms with Crippen LogP contribution < -0.4 is 0 Å². The van der Waals surface area contributed by atoms with Gasteiger partial charge in [-0.2, -0.15) is 0 Å². The molecule has 0 bridgehead atoms. The smallest absolute Gasteiger partial charge is 0.335 e. The molecule has 146 valence electrons. The molecule has 2 heterocycles. The molecule has 5 heteroatoms. The number of hydrogen-bond acceptors (Lipinski definition) is 3. The van der Waals surface area contributed by atoms with Gasteiger partial charge in [-0.1, -0.05) is 30.3 Å². The Balaban J connectivity index is 1.52. The van der Waals surface area contributed by atoms with E-state index in [4.69, 9.17) is 4.98 Å². The molecule has 0 radical (unpaired) electrons. The lowest BCUT2D eigenvalue weighted by molar-refractivity contribution is 0.0697. The zero-order valence-corrected chi connectivity index (χ0v) is 16.3. The van der Waals surface area contributed by atoms with Crippen LogP contribution in [0.25, 0.3) is 11.0 Å². The highest BCUT2D eigenvalue weighted by Crippen LogP contribution is 2.28. The van der Waals surface area contributed by atoms with Gasteiger partial charge in [0, 0.05) is 6.54 Å². The topological polar surface area (TPSA) is 58.4 Å². The van der Waals surface area contributed by atoms with E-state index in [1.807, 2.05) is 6.07 Å². The van der Waals surface area contributed by atoms with Crippen LogP contribution in [-0.2, 0) is 13.1 Å². The fourth-order valence-electron chi connectivity index (χ4n) is 4.36. The van der Waals surface area contributed by atoms with Gasteiger partial charge in [-0.25, -0.2) is 9.78 Å². The van der Waals surface area contributed by atoms with Crippen LogP contribution >= 0.6 is 0 Å². The van der Waals surface area contributed by atoms with Crippen molar-refractivity contribution < 1.29 is 9.90 Å². The number of nitrogens with zero attached hydrogens (tertiary/aromatic N) is 3. The molecule has 1 N–H and O–H groups in total. The van der Waals surface area contributed by atoms with Crippen LogP contribution in [0.15, 0.2) is 48.5 Å². The number of benzene rings is 2. The Morgan fingerprint density at radius 3 is 2.71 bits per heavy atom. The second-order valence-corrected chi connectivity index (χ2v) is 7.60. The molecule has 1 saturated heterocycles. The molecule has 0 saturated carbocycles. The highest BCUT2D eigenvalue weighted by Gasteiger charge is 2.20. The van der Waals surface area contributed by atoms with Crippen LogP contribution in [0.2, 0.25) is 0 Å². The minimum absolute atomic E-state index is 0.292. The molecule has 2 aromatic carbocycles. The molecule has 1 aromatic heterocycles. The summed E-state index contributed by atoms with van der Waals surface area (Å²) in [4.78, 5) is 18.5. The summed E-state index contributed by atoms with van der Waals surface area (Å²) in [6.45, 7) is 5.90. The lowest BCUT2D eigenvalue weighted by Crippen LogP contribution is -2.26. The quantitative estimate of drug-likeness (QED) is 0.710. The van der Waals surface area contributed by atoms with Gasteiger partial charge in [0.1, 0.15) is 5.82 Å². The number of rotatable bonds is 5. The minimum Gasteiger partial charge on any atom is -0.478 e. The zero-order chi connectivity index (χ0) is 19.5. The van der Waals surface area contributed by atoms with Gasteiger partial charge >= 0.3 is 5.97 Å². The Kier molecular flexibility index (Phi) is 5.44. The maximum Gasteiger partial charge on any atom is 0.335 e. The molecule has 5 nitrogen and oxygen atoms in total. The molecular weight excluding hydrogens is 350 g/mol. The molecule has 3 aromatic rings. The van der Waals surface area contributed by atoms with Crippen LogP contribution in [0.1, 0.15) is 53.8 Å². The van der Waals surface area contributed by atoms with Gasteiger partial charge < -0.3 is 9.67 Å². The number of aromatic nitrogens is 2. The van der Waals surface area contributed by atoms with Crippen LogP contribution in [-0.4, -0.2) is 38.6 Å². The second kappa shape index (κ2) is 8.15. The molecule has 1 atom stereocenters. The summed E-state index contributed by atoms with van der Waals surface area (Å²) in [6, 6.07) is 16.1. The third-order valence-electron chi connectivity index (χ3n) is 5.85. The van der Waals surface area contributed by atoms with Crippen LogP contribution in [0, 0.1) is 0 Å². The zero-order valence-electron chi connectivity index (χ0n) is 16.3. The average Bonchev–Trinajstić information content (AvgIpc) is 2.88. The second-order valence-electron chi connectivity index (χ2n) is 7.60. The first-order valence-electron chi connectivity index (χ1n) is 10.2. The molecule has 28 heavy (non-hydrogen) atoms. The van der Waals surface area contributed by atoms with Crippen molar-refractivity contribution in [3.8, 4) is 0 Å². The summed E-state index contributed by atoms with van der Waals surface area (Å²) in [7, 11) is 0. The predicted octanol–water partition coefficient (Wildman–Crippen LogP) is 4.52. The molecule has 0 aliphatic carbocycles. The van der Waals surface area contributed by atoms with Crippen LogP contribution in [0.3, 0.4) is 0 Å². The number of carbonyl (C=O) groups is 1. The molecule has 1 aliphatic heterocycles. The maximum atomic E-state index is 11.3. The fraction of sp³-hybridized carbons (Fsp3) is 0.391. The van der Waals surface area contributed by atoms with E-state index >= 15 is 0 Å². The van der Waals surface area contributed by atoms with E-state index in [0.29, 0.717) is 11.5 Å². The fourth-order valence-corrected chi connectivity index (χ4v) is 4.36. The van der Waals surface area contributed by atoms with Crippen molar-refractivity contribution in [2.24, 2.45) is 0 Å². The average molecular weight is 377 g/mol. The van der Waals surface area contributed by atoms with Gasteiger partial charge in [-0.15, -0.1) is 0 Å². The van der Waals surface area contributed by atoms with E-state index in [9.17, 15) is 9.90 Å². The molecule has 4 rings (SSSR count).